The van der Waals surface area contributed by atoms with Gasteiger partial charge in [-0.1, -0.05) is 60.7 Å². The first-order valence-corrected chi connectivity index (χ1v) is 11.1. The molecule has 0 aliphatic heterocycles. The number of carboxylic acid groups (broad SMARTS) is 1. The zero-order valence-electron chi connectivity index (χ0n) is 18.8. The fraction of sp³-hybridized carbons (Fsp3) is 0.222. The molecule has 174 valence electrons. The Bertz CT molecular complexity index is 1180. The Labute approximate surface area is 197 Å². The summed E-state index contributed by atoms with van der Waals surface area (Å²) in [6.45, 7) is 2.00. The Morgan fingerprint density at radius 2 is 1.59 bits per heavy atom. The van der Waals surface area contributed by atoms with Crippen LogP contribution in [0.5, 0.6) is 0 Å². The number of aliphatic carboxylic acids is 1. The number of rotatable bonds is 8. The molecule has 3 aromatic rings. The Morgan fingerprint density at radius 3 is 2.21 bits per heavy atom. The van der Waals surface area contributed by atoms with Crippen LogP contribution in [0.3, 0.4) is 0 Å². The molecule has 3 N–H and O–H groups in total. The van der Waals surface area contributed by atoms with Crippen LogP contribution in [0.15, 0.2) is 72.8 Å². The van der Waals surface area contributed by atoms with E-state index in [-0.39, 0.29) is 25.4 Å². The van der Waals surface area contributed by atoms with Gasteiger partial charge in [-0.2, -0.15) is 0 Å². The molecule has 0 radical (unpaired) electrons. The van der Waals surface area contributed by atoms with Gasteiger partial charge in [0.1, 0.15) is 12.6 Å². The van der Waals surface area contributed by atoms with Crippen LogP contribution in [0.1, 0.15) is 35.4 Å². The molecule has 1 aliphatic carbocycles. The van der Waals surface area contributed by atoms with Crippen molar-refractivity contribution in [1.29, 1.82) is 0 Å². The van der Waals surface area contributed by atoms with Crippen LogP contribution < -0.4 is 10.6 Å². The molecule has 1 aliphatic rings. The molecule has 2 amide bonds. The molecule has 0 heterocycles. The van der Waals surface area contributed by atoms with Gasteiger partial charge in [-0.05, 0) is 53.3 Å². The topological polar surface area (TPSA) is 105 Å². The summed E-state index contributed by atoms with van der Waals surface area (Å²) in [6, 6.07) is 22.2. The molecular formula is C27H26N2O5. The first-order chi connectivity index (χ1) is 16.4. The smallest absolute Gasteiger partial charge is 0.407 e. The summed E-state index contributed by atoms with van der Waals surface area (Å²) >= 11 is 0. The summed E-state index contributed by atoms with van der Waals surface area (Å²) in [5.41, 5.74) is 5.92. The van der Waals surface area contributed by atoms with Crippen LogP contribution in [-0.2, 0) is 14.3 Å². The summed E-state index contributed by atoms with van der Waals surface area (Å²) in [5, 5.41) is 14.3. The van der Waals surface area contributed by atoms with E-state index in [1.165, 1.54) is 0 Å². The third kappa shape index (κ3) is 5.26. The fourth-order valence-electron chi connectivity index (χ4n) is 4.27. The van der Waals surface area contributed by atoms with Crippen molar-refractivity contribution in [1.82, 2.24) is 5.32 Å². The van der Waals surface area contributed by atoms with Gasteiger partial charge in [-0.3, -0.25) is 9.59 Å². The number of fused-ring (bicyclic) bond motifs is 3. The van der Waals surface area contributed by atoms with E-state index in [0.717, 1.165) is 27.8 Å². The second kappa shape index (κ2) is 10.2. The summed E-state index contributed by atoms with van der Waals surface area (Å²) in [5.74, 6) is -1.67. The van der Waals surface area contributed by atoms with E-state index >= 15 is 0 Å². The quantitative estimate of drug-likeness (QED) is 0.454. The molecule has 0 fully saturated rings. The van der Waals surface area contributed by atoms with Gasteiger partial charge in [0.2, 0.25) is 5.91 Å². The summed E-state index contributed by atoms with van der Waals surface area (Å²) in [7, 11) is 0. The van der Waals surface area contributed by atoms with Gasteiger partial charge < -0.3 is 20.5 Å². The highest BCUT2D eigenvalue weighted by atomic mass is 16.5. The van der Waals surface area contributed by atoms with E-state index in [4.69, 9.17) is 9.84 Å². The Morgan fingerprint density at radius 1 is 0.941 bits per heavy atom. The van der Waals surface area contributed by atoms with Gasteiger partial charge in [0.15, 0.2) is 0 Å². The molecule has 3 aromatic carbocycles. The lowest BCUT2D eigenvalue weighted by molar-refractivity contribution is -0.137. The first-order valence-electron chi connectivity index (χ1n) is 11.1. The third-order valence-corrected chi connectivity index (χ3v) is 5.88. The summed E-state index contributed by atoms with van der Waals surface area (Å²) in [6.07, 6.45) is -1.09. The molecule has 7 heteroatoms. The monoisotopic (exact) mass is 458 g/mol. The fourth-order valence-corrected chi connectivity index (χ4v) is 4.27. The normalized spacial score (nSPS) is 12.9. The molecule has 4 rings (SSSR count). The van der Waals surface area contributed by atoms with Crippen molar-refractivity contribution in [3.63, 3.8) is 0 Å². The van der Waals surface area contributed by atoms with Crippen molar-refractivity contribution < 1.29 is 24.2 Å². The molecule has 0 spiro atoms. The van der Waals surface area contributed by atoms with Crippen molar-refractivity contribution in [2.24, 2.45) is 0 Å². The minimum atomic E-state index is -1.05. The van der Waals surface area contributed by atoms with Crippen LogP contribution in [0, 0.1) is 6.92 Å². The van der Waals surface area contributed by atoms with Gasteiger partial charge in [0, 0.05) is 18.0 Å². The van der Waals surface area contributed by atoms with E-state index in [0.29, 0.717) is 5.69 Å². The zero-order chi connectivity index (χ0) is 24.1. The second-order valence-corrected chi connectivity index (χ2v) is 8.31. The predicted octanol–water partition coefficient (Wildman–Crippen LogP) is 4.71. The molecule has 1 unspecified atom stereocenters. The molecule has 0 bridgehead atoms. The van der Waals surface area contributed by atoms with Gasteiger partial charge in [0.25, 0.3) is 0 Å². The molecule has 0 saturated carbocycles. The number of amides is 2. The van der Waals surface area contributed by atoms with E-state index in [9.17, 15) is 14.4 Å². The van der Waals surface area contributed by atoms with Crippen molar-refractivity contribution in [2.45, 2.75) is 31.7 Å². The highest BCUT2D eigenvalue weighted by Crippen LogP contribution is 2.44. The summed E-state index contributed by atoms with van der Waals surface area (Å²) < 4.78 is 5.52. The van der Waals surface area contributed by atoms with Crippen molar-refractivity contribution >= 4 is 23.7 Å². The first kappa shape index (κ1) is 23.0. The Kier molecular flexibility index (Phi) is 6.92. The summed E-state index contributed by atoms with van der Waals surface area (Å²) in [4.78, 5) is 36.5. The third-order valence-electron chi connectivity index (χ3n) is 5.88. The number of aryl methyl sites for hydroxylation is 1. The average molecular weight is 459 g/mol. The van der Waals surface area contributed by atoms with Crippen molar-refractivity contribution in [3.05, 3.63) is 89.5 Å². The van der Waals surface area contributed by atoms with Gasteiger partial charge >= 0.3 is 12.1 Å². The minimum absolute atomic E-state index is 0.0584. The molecule has 0 aromatic heterocycles. The maximum absolute atomic E-state index is 12.8. The van der Waals surface area contributed by atoms with E-state index in [2.05, 4.69) is 10.6 Å². The van der Waals surface area contributed by atoms with Gasteiger partial charge in [-0.15, -0.1) is 0 Å². The minimum Gasteiger partial charge on any atom is -0.481 e. The van der Waals surface area contributed by atoms with Crippen LogP contribution in [-0.4, -0.2) is 35.7 Å². The number of hydrogen-bond acceptors (Lipinski definition) is 4. The highest BCUT2D eigenvalue weighted by Gasteiger charge is 2.30. The van der Waals surface area contributed by atoms with Gasteiger partial charge in [-0.25, -0.2) is 4.79 Å². The van der Waals surface area contributed by atoms with Crippen LogP contribution in [0.4, 0.5) is 10.5 Å². The average Bonchev–Trinajstić information content (AvgIpc) is 3.14. The molecule has 34 heavy (non-hydrogen) atoms. The molecular weight excluding hydrogens is 432 g/mol. The highest BCUT2D eigenvalue weighted by molar-refractivity contribution is 5.96. The standard InChI is InChI=1S/C27H26N2O5/c1-17-7-6-8-18(15-17)28-26(32)24(13-14-25(30)31)29-27(33)34-16-23-21-11-4-2-9-19(21)20-10-3-5-12-22(20)23/h2-12,15,23-24H,13-14,16H2,1H3,(H,28,32)(H,29,33)(H,30,31). The largest absolute Gasteiger partial charge is 0.481 e. The number of anilines is 1. The number of alkyl carbamates (subject to hydrolysis) is 1. The number of carboxylic acids is 1. The SMILES string of the molecule is Cc1cccc(NC(=O)C(CCC(=O)O)NC(=O)OCC2c3ccccc3-c3ccccc32)c1. The maximum atomic E-state index is 12.8. The predicted molar refractivity (Wildman–Crippen MR) is 129 cm³/mol. The van der Waals surface area contributed by atoms with Crippen LogP contribution >= 0.6 is 0 Å². The molecule has 1 atom stereocenters. The molecule has 7 nitrogen and oxygen atoms in total. The number of hydrogen-bond donors (Lipinski definition) is 3. The number of benzene rings is 3. The zero-order valence-corrected chi connectivity index (χ0v) is 18.8. The van der Waals surface area contributed by atoms with E-state index in [1.807, 2.05) is 61.5 Å². The number of carbonyl (C=O) groups is 3. The second-order valence-electron chi connectivity index (χ2n) is 8.31. The number of carbonyl (C=O) groups excluding carboxylic acids is 2. The maximum Gasteiger partial charge on any atom is 0.407 e. The lowest BCUT2D eigenvalue weighted by Gasteiger charge is -2.19. The lowest BCUT2D eigenvalue weighted by atomic mass is 9.98. The van der Waals surface area contributed by atoms with Gasteiger partial charge in [0.05, 0.1) is 0 Å². The lowest BCUT2D eigenvalue weighted by Crippen LogP contribution is -2.44. The number of ether oxygens (including phenoxy) is 1. The number of nitrogens with one attached hydrogen (secondary N) is 2. The van der Waals surface area contributed by atoms with Crippen molar-refractivity contribution in [3.8, 4) is 11.1 Å². The van der Waals surface area contributed by atoms with E-state index < -0.39 is 24.0 Å². The Balaban J connectivity index is 1.43. The van der Waals surface area contributed by atoms with Crippen LogP contribution in [0.25, 0.3) is 11.1 Å². The Hall–Kier alpha value is -4.13. The van der Waals surface area contributed by atoms with Crippen LogP contribution in [0.2, 0.25) is 0 Å². The van der Waals surface area contributed by atoms with E-state index in [1.54, 1.807) is 18.2 Å². The molecule has 0 saturated heterocycles. The van der Waals surface area contributed by atoms with Crippen molar-refractivity contribution in [2.75, 3.05) is 11.9 Å².